The van der Waals surface area contributed by atoms with Crippen molar-refractivity contribution in [2.75, 3.05) is 13.2 Å². The molecule has 0 aromatic rings. The number of epoxide rings is 1. The predicted molar refractivity (Wildman–Crippen MR) is 56.0 cm³/mol. The second kappa shape index (κ2) is 4.97. The van der Waals surface area contributed by atoms with Gasteiger partial charge in [-0.15, -0.1) is 0 Å². The molecule has 1 aliphatic rings. The van der Waals surface area contributed by atoms with Gasteiger partial charge in [0.1, 0.15) is 0 Å². The van der Waals surface area contributed by atoms with Gasteiger partial charge in [-0.1, -0.05) is 27.2 Å². The van der Waals surface area contributed by atoms with Gasteiger partial charge in [-0.05, 0) is 25.8 Å². The topological polar surface area (TPSA) is 24.6 Å². The van der Waals surface area contributed by atoms with E-state index >= 15 is 0 Å². The molecule has 0 aliphatic carbocycles. The Morgan fingerprint density at radius 2 is 2.08 bits per heavy atom. The number of nitrogens with one attached hydrogen (secondary N) is 1. The summed E-state index contributed by atoms with van der Waals surface area (Å²) < 4.78 is 5.32. The monoisotopic (exact) mass is 185 g/mol. The lowest BCUT2D eigenvalue weighted by molar-refractivity contribution is 0.240. The first kappa shape index (κ1) is 11.0. The summed E-state index contributed by atoms with van der Waals surface area (Å²) in [6.45, 7) is 8.78. The first-order valence-corrected chi connectivity index (χ1v) is 5.63. The molecule has 1 N–H and O–H groups in total. The summed E-state index contributed by atoms with van der Waals surface area (Å²) in [5.41, 5.74) is 0.352. The Hall–Kier alpha value is -0.0800. The van der Waals surface area contributed by atoms with Crippen LogP contribution in [0.3, 0.4) is 0 Å². The van der Waals surface area contributed by atoms with E-state index in [2.05, 4.69) is 26.1 Å². The molecule has 1 rings (SSSR count). The van der Waals surface area contributed by atoms with Crippen molar-refractivity contribution in [1.29, 1.82) is 0 Å². The molecule has 2 atom stereocenters. The number of ether oxygens (including phenoxy) is 1. The number of rotatable bonds is 7. The minimum atomic E-state index is 0.352. The minimum Gasteiger partial charge on any atom is -0.373 e. The number of hydrogen-bond acceptors (Lipinski definition) is 2. The molecule has 2 unspecified atom stereocenters. The molecule has 0 spiro atoms. The van der Waals surface area contributed by atoms with E-state index < -0.39 is 0 Å². The molecule has 0 saturated carbocycles. The standard InChI is InChI=1S/C11H23NO/c1-4-7-11(5-2,12-6-3)8-10-9-13-10/h10,12H,4-9H2,1-3H3. The number of hydrogen-bond donors (Lipinski definition) is 1. The van der Waals surface area contributed by atoms with Crippen LogP contribution in [0, 0.1) is 0 Å². The highest BCUT2D eigenvalue weighted by Gasteiger charge is 2.35. The van der Waals surface area contributed by atoms with Gasteiger partial charge in [0.15, 0.2) is 0 Å². The van der Waals surface area contributed by atoms with Crippen LogP contribution >= 0.6 is 0 Å². The lowest BCUT2D eigenvalue weighted by Gasteiger charge is -2.33. The molecule has 0 amide bonds. The third-order valence-electron chi connectivity index (χ3n) is 2.98. The van der Waals surface area contributed by atoms with E-state index in [4.69, 9.17) is 4.74 Å². The van der Waals surface area contributed by atoms with Crippen LogP contribution in [-0.2, 0) is 4.74 Å². The summed E-state index contributed by atoms with van der Waals surface area (Å²) in [6, 6.07) is 0. The molecule has 2 heteroatoms. The Morgan fingerprint density at radius 3 is 2.46 bits per heavy atom. The van der Waals surface area contributed by atoms with Gasteiger partial charge in [-0.3, -0.25) is 0 Å². The summed E-state index contributed by atoms with van der Waals surface area (Å²) in [4.78, 5) is 0. The van der Waals surface area contributed by atoms with Crippen molar-refractivity contribution in [1.82, 2.24) is 5.32 Å². The Labute approximate surface area is 82.0 Å². The molecular formula is C11H23NO. The summed E-state index contributed by atoms with van der Waals surface area (Å²) in [5, 5.41) is 3.64. The first-order valence-electron chi connectivity index (χ1n) is 5.63. The van der Waals surface area contributed by atoms with E-state index in [-0.39, 0.29) is 0 Å². The lowest BCUT2D eigenvalue weighted by Crippen LogP contribution is -2.45. The van der Waals surface area contributed by atoms with Gasteiger partial charge in [0.25, 0.3) is 0 Å². The van der Waals surface area contributed by atoms with E-state index in [0.29, 0.717) is 11.6 Å². The van der Waals surface area contributed by atoms with Crippen LogP contribution in [0.5, 0.6) is 0 Å². The van der Waals surface area contributed by atoms with E-state index in [1.54, 1.807) is 0 Å². The molecule has 78 valence electrons. The zero-order valence-corrected chi connectivity index (χ0v) is 9.23. The first-order chi connectivity index (χ1) is 6.26. The van der Waals surface area contributed by atoms with Gasteiger partial charge in [-0.2, -0.15) is 0 Å². The smallest absolute Gasteiger partial charge is 0.0827 e. The van der Waals surface area contributed by atoms with E-state index in [0.717, 1.165) is 13.2 Å². The molecule has 2 nitrogen and oxygen atoms in total. The van der Waals surface area contributed by atoms with Crippen LogP contribution in [-0.4, -0.2) is 24.8 Å². The summed E-state index contributed by atoms with van der Waals surface area (Å²) in [5.74, 6) is 0. The molecular weight excluding hydrogens is 162 g/mol. The van der Waals surface area contributed by atoms with Crippen molar-refractivity contribution in [3.05, 3.63) is 0 Å². The van der Waals surface area contributed by atoms with Crippen molar-refractivity contribution in [2.24, 2.45) is 0 Å². The predicted octanol–water partition coefficient (Wildman–Crippen LogP) is 2.33. The normalized spacial score (nSPS) is 25.6. The highest BCUT2D eigenvalue weighted by Crippen LogP contribution is 2.29. The largest absolute Gasteiger partial charge is 0.373 e. The van der Waals surface area contributed by atoms with Gasteiger partial charge >= 0.3 is 0 Å². The van der Waals surface area contributed by atoms with Crippen LogP contribution in [0.4, 0.5) is 0 Å². The maximum atomic E-state index is 5.32. The highest BCUT2D eigenvalue weighted by molar-refractivity contribution is 4.91. The van der Waals surface area contributed by atoms with Crippen molar-refractivity contribution in [3.63, 3.8) is 0 Å². The molecule has 0 aromatic heterocycles. The molecule has 1 fully saturated rings. The SMILES string of the molecule is CCCC(CC)(CC1CO1)NCC. The van der Waals surface area contributed by atoms with Crippen LogP contribution in [0.25, 0.3) is 0 Å². The molecule has 1 heterocycles. The molecule has 1 aliphatic heterocycles. The van der Waals surface area contributed by atoms with Crippen molar-refractivity contribution in [2.45, 2.75) is 58.1 Å². The van der Waals surface area contributed by atoms with E-state index in [1.165, 1.54) is 25.7 Å². The average Bonchev–Trinajstić information content (AvgIpc) is 2.89. The quantitative estimate of drug-likeness (QED) is 0.616. The zero-order valence-electron chi connectivity index (χ0n) is 9.23. The zero-order chi connectivity index (χ0) is 9.73. The van der Waals surface area contributed by atoms with E-state index in [1.807, 2.05) is 0 Å². The minimum absolute atomic E-state index is 0.352. The molecule has 0 bridgehead atoms. The maximum Gasteiger partial charge on any atom is 0.0827 e. The summed E-state index contributed by atoms with van der Waals surface area (Å²) in [6.07, 6.45) is 5.50. The molecule has 0 radical (unpaired) electrons. The average molecular weight is 185 g/mol. The third kappa shape index (κ3) is 3.28. The fraction of sp³-hybridized carbons (Fsp3) is 1.00. The Balaban J connectivity index is 2.44. The van der Waals surface area contributed by atoms with Gasteiger partial charge in [-0.25, -0.2) is 0 Å². The van der Waals surface area contributed by atoms with Crippen molar-refractivity contribution >= 4 is 0 Å². The second-order valence-electron chi connectivity index (χ2n) is 4.07. The van der Waals surface area contributed by atoms with Crippen molar-refractivity contribution in [3.8, 4) is 0 Å². The molecule has 13 heavy (non-hydrogen) atoms. The maximum absolute atomic E-state index is 5.32. The van der Waals surface area contributed by atoms with Crippen molar-refractivity contribution < 1.29 is 4.74 Å². The second-order valence-corrected chi connectivity index (χ2v) is 4.07. The molecule has 0 aromatic carbocycles. The molecule has 1 saturated heterocycles. The fourth-order valence-corrected chi connectivity index (χ4v) is 2.18. The Morgan fingerprint density at radius 1 is 1.38 bits per heavy atom. The van der Waals surface area contributed by atoms with Crippen LogP contribution in [0.15, 0.2) is 0 Å². The summed E-state index contributed by atoms with van der Waals surface area (Å²) >= 11 is 0. The lowest BCUT2D eigenvalue weighted by atomic mass is 9.86. The fourth-order valence-electron chi connectivity index (χ4n) is 2.18. The summed E-state index contributed by atoms with van der Waals surface area (Å²) in [7, 11) is 0. The van der Waals surface area contributed by atoms with E-state index in [9.17, 15) is 0 Å². The third-order valence-corrected chi connectivity index (χ3v) is 2.98. The van der Waals surface area contributed by atoms with Gasteiger partial charge in [0.05, 0.1) is 12.7 Å². The van der Waals surface area contributed by atoms with Gasteiger partial charge < -0.3 is 10.1 Å². The van der Waals surface area contributed by atoms with Gasteiger partial charge in [0.2, 0.25) is 0 Å². The highest BCUT2D eigenvalue weighted by atomic mass is 16.6. The Bertz CT molecular complexity index is 137. The van der Waals surface area contributed by atoms with Crippen LogP contribution < -0.4 is 5.32 Å². The van der Waals surface area contributed by atoms with Crippen LogP contribution in [0.2, 0.25) is 0 Å². The Kier molecular flexibility index (Phi) is 4.20. The van der Waals surface area contributed by atoms with Crippen LogP contribution in [0.1, 0.15) is 46.5 Å². The van der Waals surface area contributed by atoms with Gasteiger partial charge in [0, 0.05) is 5.54 Å².